The molecule has 0 saturated heterocycles. The van der Waals surface area contributed by atoms with Crippen molar-refractivity contribution in [1.29, 1.82) is 0 Å². The summed E-state index contributed by atoms with van der Waals surface area (Å²) >= 11 is 0. The first-order valence-electron chi connectivity index (χ1n) is 7.02. The Kier molecular flexibility index (Phi) is 7.10. The highest BCUT2D eigenvalue weighted by molar-refractivity contribution is 8.13. The minimum atomic E-state index is -4.16. The molecule has 1 rings (SSSR count). The van der Waals surface area contributed by atoms with Crippen LogP contribution in [0.4, 0.5) is 5.82 Å². The number of nitro groups is 1. The van der Waals surface area contributed by atoms with Crippen LogP contribution in [0.3, 0.4) is 0 Å². The Bertz CT molecular complexity index is 571. The number of nitrogens with zero attached hydrogens (tertiary/aromatic N) is 3. The van der Waals surface area contributed by atoms with Gasteiger partial charge < -0.3 is 10.1 Å². The van der Waals surface area contributed by atoms with Crippen molar-refractivity contribution in [1.82, 2.24) is 9.78 Å². The fourth-order valence-corrected chi connectivity index (χ4v) is 2.94. The summed E-state index contributed by atoms with van der Waals surface area (Å²) in [7, 11) is 1.01. The lowest BCUT2D eigenvalue weighted by Gasteiger charge is -1.99. The molecule has 0 bridgehead atoms. The quantitative estimate of drug-likeness (QED) is 0.282. The van der Waals surface area contributed by atoms with Crippen molar-refractivity contribution >= 4 is 25.6 Å². The van der Waals surface area contributed by atoms with E-state index in [0.717, 1.165) is 25.5 Å². The molecule has 0 aliphatic carbocycles. The first-order chi connectivity index (χ1) is 9.86. The number of hydrogen-bond donors (Lipinski definition) is 0. The Morgan fingerprint density at radius 3 is 2.29 bits per heavy atom. The Labute approximate surface area is 128 Å². The van der Waals surface area contributed by atoms with Gasteiger partial charge in [0.05, 0.1) is 17.8 Å². The average Bonchev–Trinajstić information content (AvgIpc) is 2.82. The summed E-state index contributed by atoms with van der Waals surface area (Å²) < 4.78 is 23.8. The van der Waals surface area contributed by atoms with Crippen LogP contribution in [0, 0.1) is 10.1 Å². The van der Waals surface area contributed by atoms with Crippen molar-refractivity contribution in [2.24, 2.45) is 0 Å². The van der Waals surface area contributed by atoms with Crippen LogP contribution in [0.25, 0.3) is 0 Å². The molecule has 9 heteroatoms. The van der Waals surface area contributed by atoms with E-state index in [9.17, 15) is 18.5 Å². The molecular weight excluding hydrogens is 318 g/mol. The normalized spacial score (nSPS) is 11.7. The van der Waals surface area contributed by atoms with Gasteiger partial charge in [0.2, 0.25) is 4.90 Å². The van der Waals surface area contributed by atoms with Crippen molar-refractivity contribution in [3.05, 3.63) is 16.3 Å². The van der Waals surface area contributed by atoms with Crippen LogP contribution in [0.15, 0.2) is 11.1 Å². The number of halogens is 1. The molecule has 0 atom stereocenters. The van der Waals surface area contributed by atoms with Gasteiger partial charge >= 0.3 is 5.82 Å². The molecule has 7 nitrogen and oxygen atoms in total. The minimum Gasteiger partial charge on any atom is -0.358 e. The first-order valence-corrected chi connectivity index (χ1v) is 9.33. The third-order valence-corrected chi connectivity index (χ3v) is 4.45. The van der Waals surface area contributed by atoms with Crippen LogP contribution in [0.5, 0.6) is 0 Å². The van der Waals surface area contributed by atoms with Gasteiger partial charge in [0.1, 0.15) is 0 Å². The van der Waals surface area contributed by atoms with E-state index in [1.807, 2.05) is 0 Å². The van der Waals surface area contributed by atoms with E-state index >= 15 is 0 Å². The van der Waals surface area contributed by atoms with Crippen molar-refractivity contribution < 1.29 is 13.3 Å². The number of unbranched alkanes of at least 4 members (excludes halogenated alkanes) is 6. The third-order valence-electron chi connectivity index (χ3n) is 3.14. The van der Waals surface area contributed by atoms with Crippen LogP contribution in [0.1, 0.15) is 51.9 Å². The molecular formula is C12H20ClN3O4S. The molecule has 0 aliphatic rings. The van der Waals surface area contributed by atoms with E-state index in [4.69, 9.17) is 10.7 Å². The Hall–Kier alpha value is -1.15. The SMILES string of the molecule is CCCCCCCCCn1cc(S(=O)(=O)Cl)c([N+](=O)[O-])n1. The standard InChI is InChI=1S/C12H20ClN3O4S/c1-2-3-4-5-6-7-8-9-15-10-11(21(13,19)20)12(14-15)16(17)18/h10H,2-9H2,1H3. The summed E-state index contributed by atoms with van der Waals surface area (Å²) in [5, 5.41) is 14.4. The van der Waals surface area contributed by atoms with E-state index in [-0.39, 0.29) is 0 Å². The second-order valence-corrected chi connectivity index (χ2v) is 7.43. The van der Waals surface area contributed by atoms with Crippen molar-refractivity contribution in [2.75, 3.05) is 0 Å². The molecule has 0 spiro atoms. The van der Waals surface area contributed by atoms with E-state index in [1.165, 1.54) is 30.4 Å². The molecule has 120 valence electrons. The Morgan fingerprint density at radius 2 is 1.81 bits per heavy atom. The van der Waals surface area contributed by atoms with E-state index in [1.54, 1.807) is 0 Å². The summed E-state index contributed by atoms with van der Waals surface area (Å²) in [5.41, 5.74) is 0. The molecule has 0 saturated carbocycles. The zero-order valence-electron chi connectivity index (χ0n) is 12.0. The third kappa shape index (κ3) is 6.01. The maximum atomic E-state index is 11.3. The summed E-state index contributed by atoms with van der Waals surface area (Å²) in [5.74, 6) is -0.715. The molecule has 0 amide bonds. The zero-order valence-corrected chi connectivity index (χ0v) is 13.6. The van der Waals surface area contributed by atoms with Gasteiger partial charge in [-0.25, -0.2) is 8.42 Å². The highest BCUT2D eigenvalue weighted by Gasteiger charge is 2.29. The fourth-order valence-electron chi connectivity index (χ4n) is 2.04. The van der Waals surface area contributed by atoms with Gasteiger partial charge in [-0.15, -0.1) is 0 Å². The monoisotopic (exact) mass is 337 g/mol. The predicted molar refractivity (Wildman–Crippen MR) is 79.9 cm³/mol. The van der Waals surface area contributed by atoms with Gasteiger partial charge in [0.25, 0.3) is 9.05 Å². The molecule has 0 unspecified atom stereocenters. The fraction of sp³-hybridized carbons (Fsp3) is 0.750. The molecule has 1 heterocycles. The molecule has 0 aromatic carbocycles. The molecule has 21 heavy (non-hydrogen) atoms. The van der Waals surface area contributed by atoms with E-state index in [2.05, 4.69) is 12.0 Å². The van der Waals surface area contributed by atoms with Crippen molar-refractivity contribution in [3.63, 3.8) is 0 Å². The Balaban J connectivity index is 2.52. The van der Waals surface area contributed by atoms with Gasteiger partial charge in [-0.2, -0.15) is 4.68 Å². The second kappa shape index (κ2) is 8.33. The molecule has 0 fully saturated rings. The van der Waals surface area contributed by atoms with Gasteiger partial charge in [-0.05, 0) is 11.3 Å². The second-order valence-electron chi connectivity index (χ2n) is 4.90. The summed E-state index contributed by atoms with van der Waals surface area (Å²) in [6.45, 7) is 2.61. The lowest BCUT2D eigenvalue weighted by molar-refractivity contribution is -0.392. The number of aryl methyl sites for hydroxylation is 1. The predicted octanol–water partition coefficient (Wildman–Crippen LogP) is 3.47. The minimum absolute atomic E-state index is 0.445. The molecule has 0 aliphatic heterocycles. The maximum Gasteiger partial charge on any atom is 0.410 e. The lowest BCUT2D eigenvalue weighted by Crippen LogP contribution is -1.99. The van der Waals surface area contributed by atoms with Crippen LogP contribution < -0.4 is 0 Å². The van der Waals surface area contributed by atoms with E-state index < -0.39 is 24.7 Å². The summed E-state index contributed by atoms with van der Waals surface area (Å²) in [4.78, 5) is 9.38. The van der Waals surface area contributed by atoms with Gasteiger partial charge in [-0.3, -0.25) is 0 Å². The first kappa shape index (κ1) is 17.9. The number of rotatable bonds is 10. The zero-order chi connectivity index (χ0) is 15.9. The smallest absolute Gasteiger partial charge is 0.358 e. The molecule has 0 N–H and O–H groups in total. The highest BCUT2D eigenvalue weighted by atomic mass is 35.7. The summed E-state index contributed by atoms with van der Waals surface area (Å²) in [6, 6.07) is 0. The lowest BCUT2D eigenvalue weighted by atomic mass is 10.1. The van der Waals surface area contributed by atoms with Crippen molar-refractivity contribution in [2.45, 2.75) is 63.3 Å². The number of aromatic nitrogens is 2. The molecule has 1 aromatic heterocycles. The largest absolute Gasteiger partial charge is 0.410 e. The van der Waals surface area contributed by atoms with Crippen LogP contribution in [-0.4, -0.2) is 23.1 Å². The summed E-state index contributed by atoms with van der Waals surface area (Å²) in [6.07, 6.45) is 8.84. The average molecular weight is 338 g/mol. The van der Waals surface area contributed by atoms with Crippen LogP contribution in [-0.2, 0) is 15.6 Å². The van der Waals surface area contributed by atoms with Gasteiger partial charge in [-0.1, -0.05) is 45.4 Å². The maximum absolute atomic E-state index is 11.3. The van der Waals surface area contributed by atoms with Gasteiger partial charge in [0.15, 0.2) is 0 Å². The van der Waals surface area contributed by atoms with Crippen molar-refractivity contribution in [3.8, 4) is 0 Å². The van der Waals surface area contributed by atoms with E-state index in [0.29, 0.717) is 6.54 Å². The van der Waals surface area contributed by atoms with Crippen LogP contribution in [0.2, 0.25) is 0 Å². The van der Waals surface area contributed by atoms with Crippen LogP contribution >= 0.6 is 10.7 Å². The molecule has 0 radical (unpaired) electrons. The van der Waals surface area contributed by atoms with Gasteiger partial charge in [0, 0.05) is 10.7 Å². The highest BCUT2D eigenvalue weighted by Crippen LogP contribution is 2.25. The Morgan fingerprint density at radius 1 is 1.24 bits per heavy atom. The number of hydrogen-bond acceptors (Lipinski definition) is 5. The molecule has 1 aromatic rings. The topological polar surface area (TPSA) is 95.1 Å².